The van der Waals surface area contributed by atoms with E-state index in [1.54, 1.807) is 22.0 Å². The van der Waals surface area contributed by atoms with E-state index >= 15 is 0 Å². The van der Waals surface area contributed by atoms with Crippen molar-refractivity contribution in [2.45, 2.75) is 44.8 Å². The zero-order valence-corrected chi connectivity index (χ0v) is 22.0. The summed E-state index contributed by atoms with van der Waals surface area (Å²) in [5.74, 6) is 0.749. The summed E-state index contributed by atoms with van der Waals surface area (Å²) in [7, 11) is 0. The van der Waals surface area contributed by atoms with Gasteiger partial charge < -0.3 is 0 Å². The third kappa shape index (κ3) is 4.82. The fraction of sp³-hybridized carbons (Fsp3) is 0.320. The number of thioether (sulfide) groups is 1. The molecule has 180 valence electrons. The normalized spacial score (nSPS) is 15.2. The molecule has 1 aromatic carbocycles. The van der Waals surface area contributed by atoms with Crippen molar-refractivity contribution in [3.8, 4) is 10.6 Å². The highest BCUT2D eigenvalue weighted by atomic mass is 32.2. The van der Waals surface area contributed by atoms with Crippen molar-refractivity contribution in [3.05, 3.63) is 63.3 Å². The molecule has 0 radical (unpaired) electrons. The largest absolute Gasteiger partial charge is 0.293 e. The van der Waals surface area contributed by atoms with E-state index in [2.05, 4.69) is 28.2 Å². The highest BCUT2D eigenvalue weighted by molar-refractivity contribution is 7.99. The van der Waals surface area contributed by atoms with Gasteiger partial charge in [0.1, 0.15) is 9.84 Å². The lowest BCUT2D eigenvalue weighted by Gasteiger charge is -2.17. The second kappa shape index (κ2) is 10.0. The van der Waals surface area contributed by atoms with Gasteiger partial charge >= 0.3 is 0 Å². The van der Waals surface area contributed by atoms with Crippen LogP contribution in [0.1, 0.15) is 29.3 Å². The minimum Gasteiger partial charge on any atom is -0.293 e. The molecular formula is C25H25N5O2S3. The molecule has 0 aliphatic heterocycles. The first-order valence-electron chi connectivity index (χ1n) is 11.4. The average Bonchev–Trinajstić information content (AvgIpc) is 3.44. The first-order valence-corrected chi connectivity index (χ1v) is 14.0. The number of aryl methyl sites for hydroxylation is 2. The number of amides is 1. The van der Waals surface area contributed by atoms with Gasteiger partial charge in [-0.15, -0.1) is 17.9 Å². The van der Waals surface area contributed by atoms with Crippen molar-refractivity contribution in [1.29, 1.82) is 0 Å². The molecule has 1 aliphatic carbocycles. The highest BCUT2D eigenvalue weighted by Gasteiger charge is 2.25. The van der Waals surface area contributed by atoms with Crippen LogP contribution in [0.3, 0.4) is 0 Å². The maximum absolute atomic E-state index is 13.4. The van der Waals surface area contributed by atoms with Gasteiger partial charge in [0, 0.05) is 17.0 Å². The number of aromatic nitrogens is 4. The Labute approximate surface area is 215 Å². The lowest BCUT2D eigenvalue weighted by Crippen LogP contribution is -2.24. The summed E-state index contributed by atoms with van der Waals surface area (Å²) < 4.78 is 5.90. The van der Waals surface area contributed by atoms with Gasteiger partial charge in [0.05, 0.1) is 11.1 Å². The molecule has 1 atom stereocenters. The molecule has 0 saturated carbocycles. The number of hydrogen-bond donors (Lipinski definition) is 1. The molecule has 1 N–H and O–H groups in total. The minimum atomic E-state index is -0.247. The van der Waals surface area contributed by atoms with Crippen LogP contribution in [-0.4, -0.2) is 30.6 Å². The van der Waals surface area contributed by atoms with Crippen molar-refractivity contribution in [3.63, 3.8) is 0 Å². The van der Waals surface area contributed by atoms with Gasteiger partial charge in [0.25, 0.3) is 5.56 Å². The maximum atomic E-state index is 13.4. The van der Waals surface area contributed by atoms with E-state index in [9.17, 15) is 9.59 Å². The van der Waals surface area contributed by atoms with Crippen LogP contribution >= 0.6 is 34.6 Å². The Hall–Kier alpha value is -2.82. The van der Waals surface area contributed by atoms with Crippen LogP contribution in [0.4, 0.5) is 5.95 Å². The van der Waals surface area contributed by atoms with Crippen LogP contribution in [0.2, 0.25) is 0 Å². The van der Waals surface area contributed by atoms with Gasteiger partial charge in [0.15, 0.2) is 5.16 Å². The molecule has 4 aromatic rings. The minimum absolute atomic E-state index is 0.0473. The van der Waals surface area contributed by atoms with Crippen LogP contribution in [0, 0.1) is 12.8 Å². The van der Waals surface area contributed by atoms with Crippen molar-refractivity contribution in [2.75, 3.05) is 11.1 Å². The Morgan fingerprint density at radius 1 is 1.34 bits per heavy atom. The first kappa shape index (κ1) is 23.9. The lowest BCUT2D eigenvalue weighted by atomic mass is 9.89. The Kier molecular flexibility index (Phi) is 6.86. The summed E-state index contributed by atoms with van der Waals surface area (Å²) in [6.07, 6.45) is 4.69. The molecule has 3 aromatic heterocycles. The molecule has 0 fully saturated rings. The fourth-order valence-corrected chi connectivity index (χ4v) is 7.24. The number of rotatable bonds is 7. The number of allylic oxidation sites excluding steroid dienone is 1. The molecule has 0 bridgehead atoms. The maximum Gasteiger partial charge on any atom is 0.263 e. The lowest BCUT2D eigenvalue weighted by molar-refractivity contribution is -0.113. The predicted octanol–water partition coefficient (Wildman–Crippen LogP) is 5.33. The van der Waals surface area contributed by atoms with E-state index in [-0.39, 0.29) is 23.2 Å². The second-order valence-electron chi connectivity index (χ2n) is 8.71. The number of benzene rings is 1. The van der Waals surface area contributed by atoms with Crippen LogP contribution in [0.25, 0.3) is 20.8 Å². The van der Waals surface area contributed by atoms with Crippen molar-refractivity contribution in [2.24, 2.45) is 5.92 Å². The van der Waals surface area contributed by atoms with E-state index < -0.39 is 0 Å². The van der Waals surface area contributed by atoms with Gasteiger partial charge in [0.2, 0.25) is 11.9 Å². The summed E-state index contributed by atoms with van der Waals surface area (Å²) in [6, 6.07) is 7.93. The third-order valence-corrected chi connectivity index (χ3v) is 8.95. The number of nitrogens with one attached hydrogen (secondary N) is 1. The van der Waals surface area contributed by atoms with E-state index in [0.29, 0.717) is 17.6 Å². The summed E-state index contributed by atoms with van der Waals surface area (Å²) >= 11 is 4.11. The fourth-order valence-electron chi connectivity index (χ4n) is 4.29. The summed E-state index contributed by atoms with van der Waals surface area (Å²) in [5.41, 5.74) is 3.21. The van der Waals surface area contributed by atoms with Gasteiger partial charge in [-0.25, -0.2) is 4.98 Å². The number of hydrogen-bond acceptors (Lipinski definition) is 8. The Balaban J connectivity index is 1.34. The second-order valence-corrected chi connectivity index (χ2v) is 11.5. The molecule has 3 heterocycles. The van der Waals surface area contributed by atoms with Crippen LogP contribution < -0.4 is 10.9 Å². The highest BCUT2D eigenvalue weighted by Crippen LogP contribution is 2.36. The number of carbonyl (C=O) groups is 1. The molecule has 35 heavy (non-hydrogen) atoms. The molecule has 0 saturated heterocycles. The first-order chi connectivity index (χ1) is 16.9. The average molecular weight is 524 g/mol. The van der Waals surface area contributed by atoms with E-state index in [1.165, 1.54) is 28.2 Å². The standard InChI is InChI=1S/C25H25N5O2S3/c1-4-11-30-23(32)20-17-10-9-14(2)12-18(17)34-22(20)28-25(30)33-13-19(31)26-24-27-21(35-29-24)16-8-6-5-7-15(16)3/h4-8,14H,1,9-13H2,2-3H3,(H,26,29,31)/t14-/m1/s1. The van der Waals surface area contributed by atoms with Crippen LogP contribution in [0.15, 0.2) is 46.9 Å². The predicted molar refractivity (Wildman–Crippen MR) is 145 cm³/mol. The number of carbonyl (C=O) groups excluding carboxylic acids is 1. The molecule has 5 rings (SSSR count). The topological polar surface area (TPSA) is 89.8 Å². The monoisotopic (exact) mass is 523 g/mol. The SMILES string of the molecule is C=CCn1c(SCC(=O)Nc2nsc(-c3ccccc3C)n2)nc2sc3c(c2c1=O)CC[C@@H](C)C3. The summed E-state index contributed by atoms with van der Waals surface area (Å²) in [5, 5.41) is 4.79. The van der Waals surface area contributed by atoms with Crippen molar-refractivity contribution in [1.82, 2.24) is 18.9 Å². The number of fused-ring (bicyclic) bond motifs is 3. The van der Waals surface area contributed by atoms with Crippen LogP contribution in [-0.2, 0) is 24.2 Å². The molecule has 1 amide bonds. The number of anilines is 1. The van der Waals surface area contributed by atoms with Gasteiger partial charge in [-0.1, -0.05) is 49.0 Å². The summed E-state index contributed by atoms with van der Waals surface area (Å²) in [4.78, 5) is 37.4. The Morgan fingerprint density at radius 3 is 2.97 bits per heavy atom. The molecular weight excluding hydrogens is 499 g/mol. The van der Waals surface area contributed by atoms with Gasteiger partial charge in [-0.05, 0) is 54.8 Å². The van der Waals surface area contributed by atoms with E-state index in [4.69, 9.17) is 4.98 Å². The molecule has 7 nitrogen and oxygen atoms in total. The molecule has 0 unspecified atom stereocenters. The van der Waals surface area contributed by atoms with Crippen molar-refractivity contribution < 1.29 is 4.79 Å². The van der Waals surface area contributed by atoms with E-state index in [1.807, 2.05) is 31.2 Å². The van der Waals surface area contributed by atoms with Gasteiger partial charge in [-0.3, -0.25) is 19.5 Å². The number of nitrogens with zero attached hydrogens (tertiary/aromatic N) is 4. The smallest absolute Gasteiger partial charge is 0.263 e. The zero-order valence-electron chi connectivity index (χ0n) is 19.5. The third-order valence-electron chi connectivity index (χ3n) is 6.08. The Morgan fingerprint density at radius 2 is 2.17 bits per heavy atom. The molecule has 10 heteroatoms. The van der Waals surface area contributed by atoms with Gasteiger partial charge in [-0.2, -0.15) is 9.36 Å². The quantitative estimate of drug-likeness (QED) is 0.200. The van der Waals surface area contributed by atoms with E-state index in [0.717, 1.165) is 51.2 Å². The molecule has 0 spiro atoms. The van der Waals surface area contributed by atoms with Crippen LogP contribution in [0.5, 0.6) is 0 Å². The molecule has 1 aliphatic rings. The summed E-state index contributed by atoms with van der Waals surface area (Å²) in [6.45, 7) is 8.41. The Bertz CT molecular complexity index is 1490. The zero-order chi connectivity index (χ0) is 24.5. The number of thiophene rings is 1. The van der Waals surface area contributed by atoms with Crippen molar-refractivity contribution >= 4 is 56.7 Å².